The lowest BCUT2D eigenvalue weighted by atomic mass is 9.68. The molecule has 6 nitrogen and oxygen atoms in total. The van der Waals surface area contributed by atoms with Crippen LogP contribution in [0.25, 0.3) is 0 Å². The summed E-state index contributed by atoms with van der Waals surface area (Å²) in [6, 6.07) is 25.0. The number of nitro groups is 1. The fourth-order valence-corrected chi connectivity index (χ4v) is 4.93. The van der Waals surface area contributed by atoms with Crippen LogP contribution in [0.3, 0.4) is 0 Å². The summed E-state index contributed by atoms with van der Waals surface area (Å²) in [7, 11) is 0. The van der Waals surface area contributed by atoms with Crippen LogP contribution in [0.1, 0.15) is 23.0 Å². The highest BCUT2D eigenvalue weighted by Gasteiger charge is 2.55. The molecule has 1 aliphatic heterocycles. The van der Waals surface area contributed by atoms with E-state index >= 15 is 0 Å². The molecule has 4 atom stereocenters. The van der Waals surface area contributed by atoms with Crippen LogP contribution in [0, 0.1) is 22.0 Å². The Balaban J connectivity index is 1.63. The fourth-order valence-electron chi connectivity index (χ4n) is 4.93. The van der Waals surface area contributed by atoms with E-state index < -0.39 is 16.8 Å². The first-order valence-electron chi connectivity index (χ1n) is 10.5. The predicted octanol–water partition coefficient (Wildman–Crippen LogP) is 4.84. The van der Waals surface area contributed by atoms with Gasteiger partial charge in [0.2, 0.25) is 11.8 Å². The van der Waals surface area contributed by atoms with Crippen LogP contribution in [0.4, 0.5) is 11.4 Å². The number of non-ortho nitro benzene ring substituents is 1. The lowest BCUT2D eigenvalue weighted by Gasteiger charge is -2.32. The van der Waals surface area contributed by atoms with Crippen molar-refractivity contribution in [3.63, 3.8) is 0 Å². The van der Waals surface area contributed by atoms with Gasteiger partial charge in [-0.3, -0.25) is 19.7 Å². The highest BCUT2D eigenvalue weighted by atomic mass is 16.6. The number of carbonyl (C=O) groups excluding carboxylic acids is 2. The van der Waals surface area contributed by atoms with Crippen LogP contribution in [0.2, 0.25) is 0 Å². The number of benzene rings is 3. The SMILES string of the molecule is O=C1[C@H]2[C@H](C(=O)N1c1cccc([N+](=O)[O-])c1)[C@H](c1ccccc1)C=C[C@H]2c1ccccc1. The van der Waals surface area contributed by atoms with Crippen molar-refractivity contribution in [3.05, 3.63) is 118 Å². The van der Waals surface area contributed by atoms with Crippen molar-refractivity contribution in [3.8, 4) is 0 Å². The highest BCUT2D eigenvalue weighted by Crippen LogP contribution is 2.50. The van der Waals surface area contributed by atoms with E-state index in [-0.39, 0.29) is 35.0 Å². The molecule has 1 fully saturated rings. The number of nitrogens with zero attached hydrogens (tertiary/aromatic N) is 2. The Kier molecular flexibility index (Phi) is 4.90. The van der Waals surface area contributed by atoms with Crippen molar-refractivity contribution in [2.24, 2.45) is 11.8 Å². The van der Waals surface area contributed by atoms with Crippen molar-refractivity contribution in [1.29, 1.82) is 0 Å². The topological polar surface area (TPSA) is 80.5 Å². The monoisotopic (exact) mass is 424 g/mol. The predicted molar refractivity (Wildman–Crippen MR) is 120 cm³/mol. The molecule has 1 heterocycles. The van der Waals surface area contributed by atoms with Gasteiger partial charge in [0.1, 0.15) is 0 Å². The Morgan fingerprint density at radius 2 is 1.19 bits per heavy atom. The van der Waals surface area contributed by atoms with Gasteiger partial charge >= 0.3 is 0 Å². The molecule has 3 aromatic carbocycles. The normalized spacial score (nSPS) is 24.4. The average Bonchev–Trinajstić information content (AvgIpc) is 3.10. The van der Waals surface area contributed by atoms with E-state index in [1.165, 1.54) is 18.2 Å². The summed E-state index contributed by atoms with van der Waals surface area (Å²) in [5.74, 6) is -2.30. The number of imide groups is 1. The first-order valence-corrected chi connectivity index (χ1v) is 10.5. The maximum Gasteiger partial charge on any atom is 0.271 e. The van der Waals surface area contributed by atoms with Gasteiger partial charge in [0.25, 0.3) is 5.69 Å². The molecule has 3 aromatic rings. The van der Waals surface area contributed by atoms with E-state index in [1.54, 1.807) is 6.07 Å². The summed E-state index contributed by atoms with van der Waals surface area (Å²) in [5.41, 5.74) is 2.01. The zero-order valence-corrected chi connectivity index (χ0v) is 17.1. The third kappa shape index (κ3) is 3.21. The molecule has 0 N–H and O–H groups in total. The van der Waals surface area contributed by atoms with Gasteiger partial charge in [0.05, 0.1) is 22.4 Å². The van der Waals surface area contributed by atoms with Crippen LogP contribution >= 0.6 is 0 Å². The summed E-state index contributed by atoms with van der Waals surface area (Å²) in [4.78, 5) is 39.3. The second kappa shape index (κ2) is 7.89. The van der Waals surface area contributed by atoms with E-state index in [4.69, 9.17) is 0 Å². The van der Waals surface area contributed by atoms with E-state index in [0.717, 1.165) is 16.0 Å². The van der Waals surface area contributed by atoms with Gasteiger partial charge in [0.15, 0.2) is 0 Å². The number of amides is 2. The molecule has 0 aromatic heterocycles. The van der Waals surface area contributed by atoms with Gasteiger partial charge < -0.3 is 0 Å². The van der Waals surface area contributed by atoms with E-state index in [0.29, 0.717) is 0 Å². The van der Waals surface area contributed by atoms with Crippen LogP contribution in [0.5, 0.6) is 0 Å². The Labute approximate surface area is 184 Å². The molecular weight excluding hydrogens is 404 g/mol. The lowest BCUT2D eigenvalue weighted by Crippen LogP contribution is -2.31. The summed E-state index contributed by atoms with van der Waals surface area (Å²) in [5, 5.41) is 11.3. The first-order chi connectivity index (χ1) is 15.6. The number of anilines is 1. The lowest BCUT2D eigenvalue weighted by molar-refractivity contribution is -0.384. The summed E-state index contributed by atoms with van der Waals surface area (Å²) >= 11 is 0. The Morgan fingerprint density at radius 1 is 0.688 bits per heavy atom. The standard InChI is InChI=1S/C26H20N2O4/c29-25-23-21(17-8-3-1-4-9-17)14-15-22(18-10-5-2-6-11-18)24(23)26(30)27(25)19-12-7-13-20(16-19)28(31)32/h1-16,21-24H/t21-,22-,23+,24+/m0/s1. The largest absolute Gasteiger partial charge is 0.274 e. The molecule has 6 heteroatoms. The molecule has 0 bridgehead atoms. The molecule has 1 saturated heterocycles. The average molecular weight is 424 g/mol. The highest BCUT2D eigenvalue weighted by molar-refractivity contribution is 6.23. The van der Waals surface area contributed by atoms with Crippen molar-refractivity contribution in [1.82, 2.24) is 0 Å². The number of fused-ring (bicyclic) bond motifs is 1. The first kappa shape index (κ1) is 19.9. The second-order valence-corrected chi connectivity index (χ2v) is 8.10. The minimum atomic E-state index is -0.584. The van der Waals surface area contributed by atoms with Crippen molar-refractivity contribution in [2.45, 2.75) is 11.8 Å². The molecule has 0 saturated carbocycles. The summed E-state index contributed by atoms with van der Waals surface area (Å²) < 4.78 is 0. The molecular formula is C26H20N2O4. The van der Waals surface area contributed by atoms with Crippen LogP contribution < -0.4 is 4.90 Å². The minimum Gasteiger partial charge on any atom is -0.274 e. The Hall–Kier alpha value is -4.06. The van der Waals surface area contributed by atoms with Gasteiger partial charge in [0, 0.05) is 24.0 Å². The van der Waals surface area contributed by atoms with Gasteiger partial charge in [-0.05, 0) is 17.2 Å². The molecule has 32 heavy (non-hydrogen) atoms. The molecule has 158 valence electrons. The molecule has 1 aliphatic carbocycles. The number of hydrogen-bond acceptors (Lipinski definition) is 4. The van der Waals surface area contributed by atoms with Crippen LogP contribution in [-0.4, -0.2) is 16.7 Å². The fraction of sp³-hybridized carbons (Fsp3) is 0.154. The van der Waals surface area contributed by atoms with Crippen molar-refractivity contribution >= 4 is 23.2 Å². The minimum absolute atomic E-state index is 0.157. The maximum atomic E-state index is 13.7. The number of carbonyl (C=O) groups is 2. The van der Waals surface area contributed by atoms with Crippen LogP contribution in [-0.2, 0) is 9.59 Å². The van der Waals surface area contributed by atoms with E-state index in [1.807, 2.05) is 72.8 Å². The molecule has 0 radical (unpaired) electrons. The summed E-state index contributed by atoms with van der Waals surface area (Å²) in [6.45, 7) is 0. The molecule has 0 unspecified atom stereocenters. The zero-order chi connectivity index (χ0) is 22.2. The summed E-state index contributed by atoms with van der Waals surface area (Å²) in [6.07, 6.45) is 4.05. The number of rotatable bonds is 4. The number of allylic oxidation sites excluding steroid dienone is 2. The quantitative estimate of drug-likeness (QED) is 0.260. The molecule has 0 spiro atoms. The second-order valence-electron chi connectivity index (χ2n) is 8.10. The number of hydrogen-bond donors (Lipinski definition) is 0. The third-order valence-electron chi connectivity index (χ3n) is 6.37. The molecule has 5 rings (SSSR count). The zero-order valence-electron chi connectivity index (χ0n) is 17.1. The smallest absolute Gasteiger partial charge is 0.271 e. The van der Waals surface area contributed by atoms with Crippen LogP contribution in [0.15, 0.2) is 97.1 Å². The Morgan fingerprint density at radius 3 is 1.66 bits per heavy atom. The Bertz CT molecular complexity index is 1160. The van der Waals surface area contributed by atoms with Crippen molar-refractivity contribution in [2.75, 3.05) is 4.90 Å². The van der Waals surface area contributed by atoms with Gasteiger partial charge in [-0.15, -0.1) is 0 Å². The molecule has 2 amide bonds. The third-order valence-corrected chi connectivity index (χ3v) is 6.37. The molecule has 2 aliphatic rings. The van der Waals surface area contributed by atoms with E-state index in [9.17, 15) is 19.7 Å². The number of nitro benzene ring substituents is 1. The van der Waals surface area contributed by atoms with Gasteiger partial charge in [-0.25, -0.2) is 4.90 Å². The maximum absolute atomic E-state index is 13.7. The van der Waals surface area contributed by atoms with Gasteiger partial charge in [-0.1, -0.05) is 78.9 Å². The van der Waals surface area contributed by atoms with Gasteiger partial charge in [-0.2, -0.15) is 0 Å². The van der Waals surface area contributed by atoms with Crippen molar-refractivity contribution < 1.29 is 14.5 Å². The van der Waals surface area contributed by atoms with E-state index in [2.05, 4.69) is 0 Å².